The molecule has 1 aromatic heterocycles. The van der Waals surface area contributed by atoms with Crippen LogP contribution in [0.1, 0.15) is 24.5 Å². The molecule has 0 aliphatic carbocycles. The maximum atomic E-state index is 6.04. The Labute approximate surface area is 106 Å². The molecule has 0 fully saturated rings. The van der Waals surface area contributed by atoms with E-state index in [1.165, 1.54) is 11.1 Å². The highest BCUT2D eigenvalue weighted by Gasteiger charge is 2.20. The molecule has 2 heterocycles. The van der Waals surface area contributed by atoms with E-state index in [1.807, 2.05) is 18.2 Å². The molecule has 3 rings (SSSR count). The average Bonchev–Trinajstić information content (AvgIpc) is 2.30. The molecular weight excluding hydrogens is 234 g/mol. The molecule has 1 aliphatic heterocycles. The molecule has 88 valence electrons. The van der Waals surface area contributed by atoms with Crippen LogP contribution in [0.4, 0.5) is 0 Å². The minimum Gasteiger partial charge on any atom is -0.474 e. The van der Waals surface area contributed by atoms with Crippen molar-refractivity contribution in [1.82, 2.24) is 4.98 Å². The van der Waals surface area contributed by atoms with Gasteiger partial charge in [-0.3, -0.25) is 0 Å². The lowest BCUT2D eigenvalue weighted by molar-refractivity contribution is 0.184. The van der Waals surface area contributed by atoms with Crippen LogP contribution in [0.15, 0.2) is 18.2 Å². The fraction of sp³-hybridized carbons (Fsp3) is 0.357. The van der Waals surface area contributed by atoms with Crippen LogP contribution < -0.4 is 4.74 Å². The third-order valence-corrected chi connectivity index (χ3v) is 3.64. The van der Waals surface area contributed by atoms with Gasteiger partial charge in [0.25, 0.3) is 0 Å². The number of aryl methyl sites for hydroxylation is 1. The summed E-state index contributed by atoms with van der Waals surface area (Å²) in [5, 5.41) is 1.89. The molecule has 0 saturated carbocycles. The quantitative estimate of drug-likeness (QED) is 0.704. The fourth-order valence-corrected chi connectivity index (χ4v) is 2.57. The number of halogens is 1. The van der Waals surface area contributed by atoms with Gasteiger partial charge in [0.05, 0.1) is 11.6 Å². The number of fused-ring (bicyclic) bond motifs is 2. The summed E-state index contributed by atoms with van der Waals surface area (Å²) < 4.78 is 5.81. The molecule has 0 radical (unpaired) electrons. The van der Waals surface area contributed by atoms with E-state index < -0.39 is 0 Å². The van der Waals surface area contributed by atoms with Crippen molar-refractivity contribution in [2.75, 3.05) is 0 Å². The first-order valence-corrected chi connectivity index (χ1v) is 6.28. The van der Waals surface area contributed by atoms with Crippen LogP contribution in [0.5, 0.6) is 5.88 Å². The Hall–Kier alpha value is -1.28. The Balaban J connectivity index is 2.28. The molecule has 0 bridgehead atoms. The maximum Gasteiger partial charge on any atom is 0.217 e. The average molecular weight is 248 g/mol. The summed E-state index contributed by atoms with van der Waals surface area (Å²) in [4.78, 5) is 4.59. The zero-order valence-corrected chi connectivity index (χ0v) is 10.7. The molecule has 1 atom stereocenters. The number of pyridine rings is 1. The molecule has 0 amide bonds. The lowest BCUT2D eigenvalue weighted by atomic mass is 9.98. The smallest absolute Gasteiger partial charge is 0.217 e. The van der Waals surface area contributed by atoms with Gasteiger partial charge in [0.1, 0.15) is 0 Å². The highest BCUT2D eigenvalue weighted by atomic mass is 35.5. The molecule has 3 heteroatoms. The maximum absolute atomic E-state index is 6.04. The van der Waals surface area contributed by atoms with Crippen LogP contribution in [0, 0.1) is 6.92 Å². The second-order valence-electron chi connectivity index (χ2n) is 4.65. The van der Waals surface area contributed by atoms with Gasteiger partial charge in [0.15, 0.2) is 0 Å². The second kappa shape index (κ2) is 3.88. The van der Waals surface area contributed by atoms with E-state index in [4.69, 9.17) is 16.3 Å². The summed E-state index contributed by atoms with van der Waals surface area (Å²) in [5.74, 6) is 0.802. The molecule has 17 heavy (non-hydrogen) atoms. The molecule has 2 aromatic rings. The van der Waals surface area contributed by atoms with Gasteiger partial charge in [-0.15, -0.1) is 0 Å². The van der Waals surface area contributed by atoms with E-state index in [9.17, 15) is 0 Å². The normalized spacial score (nSPS) is 18.9. The largest absolute Gasteiger partial charge is 0.474 e. The van der Waals surface area contributed by atoms with Gasteiger partial charge in [0, 0.05) is 16.0 Å². The Kier molecular flexibility index (Phi) is 2.48. The SMILES string of the molecule is Cc1c2c(nc3ccc(Cl)cc13)OC(C)CC2. The molecule has 1 aromatic carbocycles. The minimum absolute atomic E-state index is 0.263. The van der Waals surface area contributed by atoms with Crippen molar-refractivity contribution >= 4 is 22.5 Å². The molecule has 1 aliphatic rings. The Morgan fingerprint density at radius 3 is 3.06 bits per heavy atom. The lowest BCUT2D eigenvalue weighted by Gasteiger charge is -2.24. The van der Waals surface area contributed by atoms with Crippen molar-refractivity contribution < 1.29 is 4.74 Å². The zero-order chi connectivity index (χ0) is 12.0. The highest BCUT2D eigenvalue weighted by Crippen LogP contribution is 2.33. The van der Waals surface area contributed by atoms with Crippen LogP contribution in [-0.2, 0) is 6.42 Å². The number of nitrogens with zero attached hydrogens (tertiary/aromatic N) is 1. The number of hydrogen-bond acceptors (Lipinski definition) is 2. The second-order valence-corrected chi connectivity index (χ2v) is 5.09. The number of ether oxygens (including phenoxy) is 1. The Bertz CT molecular complexity index is 594. The van der Waals surface area contributed by atoms with Crippen molar-refractivity contribution in [1.29, 1.82) is 0 Å². The third kappa shape index (κ3) is 1.77. The molecular formula is C14H14ClNO. The number of hydrogen-bond donors (Lipinski definition) is 0. The van der Waals surface area contributed by atoms with Crippen LogP contribution in [0.2, 0.25) is 5.02 Å². The van der Waals surface area contributed by atoms with E-state index in [-0.39, 0.29) is 6.10 Å². The summed E-state index contributed by atoms with van der Waals surface area (Å²) in [6.45, 7) is 4.21. The number of aromatic nitrogens is 1. The summed E-state index contributed by atoms with van der Waals surface area (Å²) >= 11 is 6.04. The van der Waals surface area contributed by atoms with E-state index in [2.05, 4.69) is 18.8 Å². The summed E-state index contributed by atoms with van der Waals surface area (Å²) in [7, 11) is 0. The van der Waals surface area contributed by atoms with Crippen LogP contribution in [0.3, 0.4) is 0 Å². The first-order valence-electron chi connectivity index (χ1n) is 5.90. The summed E-state index contributed by atoms with van der Waals surface area (Å²) in [5.41, 5.74) is 3.44. The van der Waals surface area contributed by atoms with Crippen molar-refractivity contribution in [3.8, 4) is 5.88 Å². The number of rotatable bonds is 0. The summed E-state index contributed by atoms with van der Waals surface area (Å²) in [6, 6.07) is 5.81. The van der Waals surface area contributed by atoms with Crippen LogP contribution >= 0.6 is 11.6 Å². The van der Waals surface area contributed by atoms with E-state index >= 15 is 0 Å². The van der Waals surface area contributed by atoms with Gasteiger partial charge < -0.3 is 4.74 Å². The van der Waals surface area contributed by atoms with Crippen LogP contribution in [0.25, 0.3) is 10.9 Å². The zero-order valence-electron chi connectivity index (χ0n) is 9.96. The van der Waals surface area contributed by atoms with E-state index in [1.54, 1.807) is 0 Å². The van der Waals surface area contributed by atoms with Gasteiger partial charge in [-0.2, -0.15) is 0 Å². The van der Waals surface area contributed by atoms with Gasteiger partial charge in [-0.05, 0) is 50.5 Å². The molecule has 0 N–H and O–H groups in total. The first kappa shape index (κ1) is 10.8. The van der Waals surface area contributed by atoms with Gasteiger partial charge in [-0.1, -0.05) is 11.6 Å². The van der Waals surface area contributed by atoms with Crippen molar-refractivity contribution in [3.63, 3.8) is 0 Å². The van der Waals surface area contributed by atoms with Crippen molar-refractivity contribution in [2.45, 2.75) is 32.8 Å². The molecule has 0 saturated heterocycles. The molecule has 1 unspecified atom stereocenters. The van der Waals surface area contributed by atoms with Crippen LogP contribution in [-0.4, -0.2) is 11.1 Å². The fourth-order valence-electron chi connectivity index (χ4n) is 2.39. The monoisotopic (exact) mass is 247 g/mol. The number of benzene rings is 1. The summed E-state index contributed by atoms with van der Waals surface area (Å²) in [6.07, 6.45) is 2.36. The van der Waals surface area contributed by atoms with Gasteiger partial charge in [-0.25, -0.2) is 4.98 Å². The van der Waals surface area contributed by atoms with Crippen molar-refractivity contribution in [2.24, 2.45) is 0 Å². The standard InChI is InChI=1S/C14H14ClNO/c1-8-3-5-11-9(2)12-7-10(15)4-6-13(12)16-14(11)17-8/h4,6-8H,3,5H2,1-2H3. The first-order chi connectivity index (χ1) is 8.15. The minimum atomic E-state index is 0.263. The van der Waals surface area contributed by atoms with Gasteiger partial charge >= 0.3 is 0 Å². The molecule has 0 spiro atoms. The molecule has 2 nitrogen and oxygen atoms in total. The Morgan fingerprint density at radius 1 is 1.41 bits per heavy atom. The predicted molar refractivity (Wildman–Crippen MR) is 69.9 cm³/mol. The highest BCUT2D eigenvalue weighted by molar-refractivity contribution is 6.31. The van der Waals surface area contributed by atoms with E-state index in [0.717, 1.165) is 34.6 Å². The van der Waals surface area contributed by atoms with E-state index in [0.29, 0.717) is 0 Å². The Morgan fingerprint density at radius 2 is 2.24 bits per heavy atom. The predicted octanol–water partition coefficient (Wildman–Crippen LogP) is 3.91. The third-order valence-electron chi connectivity index (χ3n) is 3.41. The van der Waals surface area contributed by atoms with Gasteiger partial charge in [0.2, 0.25) is 5.88 Å². The lowest BCUT2D eigenvalue weighted by Crippen LogP contribution is -2.20. The topological polar surface area (TPSA) is 22.1 Å². The van der Waals surface area contributed by atoms with Crippen molar-refractivity contribution in [3.05, 3.63) is 34.3 Å².